The number of benzene rings is 1. The Labute approximate surface area is 126 Å². The monoisotopic (exact) mass is 294 g/mol. The zero-order valence-corrected chi connectivity index (χ0v) is 12.3. The van der Waals surface area contributed by atoms with Crippen LogP contribution in [0.1, 0.15) is 11.1 Å². The van der Waals surface area contributed by atoms with Crippen molar-refractivity contribution < 1.29 is 0 Å². The van der Waals surface area contributed by atoms with Crippen LogP contribution in [0, 0.1) is 26.2 Å². The van der Waals surface area contributed by atoms with E-state index in [9.17, 15) is 9.59 Å². The van der Waals surface area contributed by atoms with Gasteiger partial charge in [0.2, 0.25) is 5.65 Å². The minimum absolute atomic E-state index is 0.0312. The Morgan fingerprint density at radius 3 is 2.73 bits per heavy atom. The number of nitrogens with zero attached hydrogens (tertiary/aromatic N) is 4. The lowest BCUT2D eigenvalue weighted by atomic mass is 10.1. The molecule has 0 atom stereocenters. The molecule has 3 aromatic rings. The van der Waals surface area contributed by atoms with E-state index in [2.05, 4.69) is 11.0 Å². The summed E-state index contributed by atoms with van der Waals surface area (Å²) >= 11 is 0. The summed E-state index contributed by atoms with van der Waals surface area (Å²) in [6.45, 7) is 3.91. The molecule has 3 rings (SSSR count). The lowest BCUT2D eigenvalue weighted by Crippen LogP contribution is -2.24. The van der Waals surface area contributed by atoms with Crippen molar-refractivity contribution in [3.8, 4) is 18.0 Å². The fraction of sp³-hybridized carbons (Fsp3) is 0.188. The summed E-state index contributed by atoms with van der Waals surface area (Å²) in [6.07, 6.45) is 8.30. The normalized spacial score (nSPS) is 10.8. The molecule has 6 heteroatoms. The van der Waals surface area contributed by atoms with Gasteiger partial charge in [-0.15, -0.1) is 11.5 Å². The van der Waals surface area contributed by atoms with Gasteiger partial charge in [0.05, 0.1) is 5.69 Å². The maximum atomic E-state index is 12.6. The summed E-state index contributed by atoms with van der Waals surface area (Å²) < 4.78 is 3.80. The van der Waals surface area contributed by atoms with Gasteiger partial charge in [-0.1, -0.05) is 18.1 Å². The van der Waals surface area contributed by atoms with E-state index in [4.69, 9.17) is 6.42 Å². The molecule has 0 amide bonds. The van der Waals surface area contributed by atoms with Crippen LogP contribution in [0.5, 0.6) is 0 Å². The lowest BCUT2D eigenvalue weighted by molar-refractivity contribution is 0.684. The number of aromatic nitrogens is 4. The predicted molar refractivity (Wildman–Crippen MR) is 83.4 cm³/mol. The van der Waals surface area contributed by atoms with Crippen LogP contribution in [0.3, 0.4) is 0 Å². The van der Waals surface area contributed by atoms with Crippen molar-refractivity contribution in [2.45, 2.75) is 20.4 Å². The maximum Gasteiger partial charge on any atom is 0.351 e. The van der Waals surface area contributed by atoms with Gasteiger partial charge in [-0.25, -0.2) is 13.9 Å². The summed E-state index contributed by atoms with van der Waals surface area (Å²) in [5.41, 5.74) is 2.06. The largest absolute Gasteiger partial charge is 0.351 e. The third-order valence-corrected chi connectivity index (χ3v) is 3.51. The van der Waals surface area contributed by atoms with Crippen molar-refractivity contribution >= 4 is 5.65 Å². The van der Waals surface area contributed by atoms with Gasteiger partial charge in [0, 0.05) is 12.4 Å². The molecule has 2 aromatic heterocycles. The van der Waals surface area contributed by atoms with Gasteiger partial charge in [0.25, 0.3) is 0 Å². The molecule has 0 radical (unpaired) electrons. The Kier molecular flexibility index (Phi) is 3.18. The summed E-state index contributed by atoms with van der Waals surface area (Å²) in [7, 11) is 0. The molecule has 0 aliphatic carbocycles. The SMILES string of the molecule is C#CCn1nc2c(=O)n(-c3cc(C)ccc3C)ccn2c1=O. The minimum atomic E-state index is -0.418. The molecule has 0 bridgehead atoms. The van der Waals surface area contributed by atoms with Crippen LogP contribution in [0.2, 0.25) is 0 Å². The quantitative estimate of drug-likeness (QED) is 0.660. The molecule has 0 aliphatic rings. The minimum Gasteiger partial charge on any atom is -0.279 e. The van der Waals surface area contributed by atoms with E-state index in [0.29, 0.717) is 0 Å². The Morgan fingerprint density at radius 1 is 1.23 bits per heavy atom. The Hall–Kier alpha value is -3.07. The van der Waals surface area contributed by atoms with Crippen LogP contribution in [-0.2, 0) is 6.54 Å². The number of fused-ring (bicyclic) bond motifs is 1. The molecule has 0 fully saturated rings. The first-order valence-corrected chi connectivity index (χ1v) is 6.75. The van der Waals surface area contributed by atoms with Crippen molar-refractivity contribution in [1.29, 1.82) is 0 Å². The van der Waals surface area contributed by atoms with E-state index in [-0.39, 0.29) is 17.8 Å². The van der Waals surface area contributed by atoms with Crippen molar-refractivity contribution in [2.75, 3.05) is 0 Å². The number of terminal acetylenes is 1. The summed E-state index contributed by atoms with van der Waals surface area (Å²) in [5, 5.41) is 4.03. The van der Waals surface area contributed by atoms with Gasteiger partial charge in [0.15, 0.2) is 0 Å². The number of hydrogen-bond acceptors (Lipinski definition) is 3. The van der Waals surface area contributed by atoms with Gasteiger partial charge in [-0.3, -0.25) is 9.36 Å². The van der Waals surface area contributed by atoms with Gasteiger partial charge < -0.3 is 0 Å². The molecule has 0 spiro atoms. The van der Waals surface area contributed by atoms with E-state index >= 15 is 0 Å². The van der Waals surface area contributed by atoms with Crippen LogP contribution in [-0.4, -0.2) is 18.7 Å². The van der Waals surface area contributed by atoms with Crippen LogP contribution in [0.25, 0.3) is 11.3 Å². The molecule has 0 N–H and O–H groups in total. The van der Waals surface area contributed by atoms with Crippen molar-refractivity contribution in [1.82, 2.24) is 18.7 Å². The second-order valence-corrected chi connectivity index (χ2v) is 5.10. The van der Waals surface area contributed by atoms with Gasteiger partial charge in [0.1, 0.15) is 6.54 Å². The Morgan fingerprint density at radius 2 is 2.00 bits per heavy atom. The number of aryl methyl sites for hydroxylation is 2. The molecular formula is C16H14N4O2. The van der Waals surface area contributed by atoms with Crippen molar-refractivity contribution in [2.24, 2.45) is 0 Å². The molecular weight excluding hydrogens is 280 g/mol. The highest BCUT2D eigenvalue weighted by Gasteiger charge is 2.13. The van der Waals surface area contributed by atoms with E-state index in [1.165, 1.54) is 15.2 Å². The van der Waals surface area contributed by atoms with Crippen LogP contribution < -0.4 is 11.2 Å². The van der Waals surface area contributed by atoms with E-state index in [1.807, 2.05) is 32.0 Å². The highest BCUT2D eigenvalue weighted by atomic mass is 16.2. The van der Waals surface area contributed by atoms with Crippen molar-refractivity contribution in [3.05, 3.63) is 62.6 Å². The smallest absolute Gasteiger partial charge is 0.279 e. The van der Waals surface area contributed by atoms with Crippen LogP contribution in [0.15, 0.2) is 40.2 Å². The molecule has 0 saturated heterocycles. The first-order chi connectivity index (χ1) is 10.5. The fourth-order valence-corrected chi connectivity index (χ4v) is 2.37. The summed E-state index contributed by atoms with van der Waals surface area (Å²) in [6, 6.07) is 5.85. The van der Waals surface area contributed by atoms with E-state index < -0.39 is 5.69 Å². The summed E-state index contributed by atoms with van der Waals surface area (Å²) in [5.74, 6) is 2.35. The maximum absolute atomic E-state index is 12.6. The zero-order valence-electron chi connectivity index (χ0n) is 12.3. The molecule has 1 aromatic carbocycles. The first kappa shape index (κ1) is 13.9. The highest BCUT2D eigenvalue weighted by Crippen LogP contribution is 2.14. The third-order valence-electron chi connectivity index (χ3n) is 3.51. The van der Waals surface area contributed by atoms with E-state index in [0.717, 1.165) is 21.5 Å². The molecule has 6 nitrogen and oxygen atoms in total. The number of rotatable bonds is 2. The molecule has 0 saturated carbocycles. The number of hydrogen-bond donors (Lipinski definition) is 0. The van der Waals surface area contributed by atoms with Gasteiger partial charge in [-0.2, -0.15) is 0 Å². The molecule has 2 heterocycles. The molecule has 110 valence electrons. The lowest BCUT2D eigenvalue weighted by Gasteiger charge is -2.09. The average molecular weight is 294 g/mol. The van der Waals surface area contributed by atoms with E-state index in [1.54, 1.807) is 6.20 Å². The predicted octanol–water partition coefficient (Wildman–Crippen LogP) is 0.897. The average Bonchev–Trinajstić information content (AvgIpc) is 2.81. The Bertz CT molecular complexity index is 1030. The van der Waals surface area contributed by atoms with Crippen LogP contribution in [0.4, 0.5) is 0 Å². The van der Waals surface area contributed by atoms with Crippen LogP contribution >= 0.6 is 0 Å². The first-order valence-electron chi connectivity index (χ1n) is 6.75. The highest BCUT2D eigenvalue weighted by molar-refractivity contribution is 5.46. The van der Waals surface area contributed by atoms with Gasteiger partial charge in [-0.05, 0) is 31.0 Å². The molecule has 22 heavy (non-hydrogen) atoms. The fourth-order valence-electron chi connectivity index (χ4n) is 2.37. The third kappa shape index (κ3) is 2.04. The topological polar surface area (TPSA) is 61.3 Å². The van der Waals surface area contributed by atoms with Gasteiger partial charge >= 0.3 is 11.2 Å². The second kappa shape index (κ2) is 5.04. The second-order valence-electron chi connectivity index (χ2n) is 5.10. The molecule has 0 aliphatic heterocycles. The summed E-state index contributed by atoms with van der Waals surface area (Å²) in [4.78, 5) is 24.7. The molecule has 0 unspecified atom stereocenters. The Balaban J connectivity index is 2.32. The zero-order chi connectivity index (χ0) is 15.9. The standard InChI is InChI=1S/C16H14N4O2/c1-4-7-20-16(22)19-9-8-18(15(21)14(19)17-20)13-10-11(2)5-6-12(13)3/h1,5-6,8-10H,7H2,2-3H3. The van der Waals surface area contributed by atoms with Crippen molar-refractivity contribution in [3.63, 3.8) is 0 Å².